The first-order valence-electron chi connectivity index (χ1n) is 6.51. The number of anilines is 2. The van der Waals surface area contributed by atoms with E-state index in [1.165, 1.54) is 0 Å². The number of carbonyl (C=O) groups is 1. The summed E-state index contributed by atoms with van der Waals surface area (Å²) in [5, 5.41) is 5.61. The first-order valence-corrected chi connectivity index (χ1v) is 7.27. The van der Waals surface area contributed by atoms with Crippen LogP contribution < -0.4 is 10.6 Å². The predicted octanol–water partition coefficient (Wildman–Crippen LogP) is 4.85. The van der Waals surface area contributed by atoms with Crippen LogP contribution in [0.15, 0.2) is 30.3 Å². The van der Waals surface area contributed by atoms with Gasteiger partial charge in [-0.1, -0.05) is 29.3 Å². The van der Waals surface area contributed by atoms with Crippen molar-refractivity contribution in [3.05, 3.63) is 57.8 Å². The van der Waals surface area contributed by atoms with Crippen LogP contribution >= 0.6 is 23.2 Å². The van der Waals surface area contributed by atoms with E-state index < -0.39 is 23.4 Å². The molecule has 3 nitrogen and oxygen atoms in total. The average molecular weight is 363 g/mol. The molecule has 0 fully saturated rings. The molecule has 0 aromatic heterocycles. The molecule has 2 aromatic carbocycles. The molecule has 23 heavy (non-hydrogen) atoms. The molecule has 2 aromatic rings. The fraction of sp³-hybridized carbons (Fsp3) is 0.133. The largest absolute Gasteiger partial charge is 0.382 e. The molecule has 0 radical (unpaired) electrons. The fourth-order valence-electron chi connectivity index (χ4n) is 1.79. The summed E-state index contributed by atoms with van der Waals surface area (Å²) in [6.45, 7) is 0.00982. The number of amides is 1. The van der Waals surface area contributed by atoms with Gasteiger partial charge in [0.15, 0.2) is 17.5 Å². The molecule has 0 spiro atoms. The van der Waals surface area contributed by atoms with Gasteiger partial charge < -0.3 is 10.6 Å². The smallest absolute Gasteiger partial charge is 0.226 e. The number of nitrogens with one attached hydrogen (secondary N) is 2. The van der Waals surface area contributed by atoms with E-state index >= 15 is 0 Å². The standard InChI is InChI=1S/C15H11Cl2F3N2O/c16-8-2-1-3-9(17)15(8)22-12(23)6-7-21-11-5-4-10(18)13(19)14(11)20/h1-5,21H,6-7H2,(H,22,23). The molecule has 8 heteroatoms. The van der Waals surface area contributed by atoms with Crippen LogP contribution in [-0.4, -0.2) is 12.5 Å². The molecular weight excluding hydrogens is 352 g/mol. The molecule has 0 saturated heterocycles. The van der Waals surface area contributed by atoms with Crippen LogP contribution in [0, 0.1) is 17.5 Å². The highest BCUT2D eigenvalue weighted by Gasteiger charge is 2.14. The normalized spacial score (nSPS) is 10.5. The van der Waals surface area contributed by atoms with Gasteiger partial charge in [0.2, 0.25) is 5.91 Å². The van der Waals surface area contributed by atoms with Gasteiger partial charge in [0.25, 0.3) is 0 Å². The highest BCUT2D eigenvalue weighted by Crippen LogP contribution is 2.29. The average Bonchev–Trinajstić information content (AvgIpc) is 2.51. The van der Waals surface area contributed by atoms with Gasteiger partial charge in [-0.3, -0.25) is 4.79 Å². The lowest BCUT2D eigenvalue weighted by molar-refractivity contribution is -0.115. The van der Waals surface area contributed by atoms with Crippen molar-refractivity contribution >= 4 is 40.5 Å². The Morgan fingerprint density at radius 3 is 2.30 bits per heavy atom. The summed E-state index contributed by atoms with van der Waals surface area (Å²) in [7, 11) is 0. The van der Waals surface area contributed by atoms with E-state index in [-0.39, 0.29) is 34.4 Å². The van der Waals surface area contributed by atoms with Crippen LogP contribution in [-0.2, 0) is 4.79 Å². The van der Waals surface area contributed by atoms with Gasteiger partial charge in [-0.2, -0.15) is 0 Å². The monoisotopic (exact) mass is 362 g/mol. The molecule has 0 bridgehead atoms. The highest BCUT2D eigenvalue weighted by atomic mass is 35.5. The Labute approximate surface area is 140 Å². The Morgan fingerprint density at radius 2 is 1.65 bits per heavy atom. The van der Waals surface area contributed by atoms with Crippen LogP contribution in [0.25, 0.3) is 0 Å². The van der Waals surface area contributed by atoms with Gasteiger partial charge in [0, 0.05) is 13.0 Å². The second kappa shape index (κ2) is 7.57. The Kier molecular flexibility index (Phi) is 5.74. The summed E-state index contributed by atoms with van der Waals surface area (Å²) in [4.78, 5) is 11.8. The van der Waals surface area contributed by atoms with Crippen molar-refractivity contribution in [3.63, 3.8) is 0 Å². The molecule has 1 amide bonds. The minimum atomic E-state index is -1.57. The third-order valence-electron chi connectivity index (χ3n) is 2.93. The third-order valence-corrected chi connectivity index (χ3v) is 3.56. The lowest BCUT2D eigenvalue weighted by Gasteiger charge is -2.10. The van der Waals surface area contributed by atoms with Crippen LogP contribution in [0.2, 0.25) is 10.0 Å². The first-order chi connectivity index (χ1) is 10.9. The minimum absolute atomic E-state index is 0.00982. The summed E-state index contributed by atoms with van der Waals surface area (Å²) in [5.74, 6) is -4.60. The quantitative estimate of drug-likeness (QED) is 0.746. The van der Waals surface area contributed by atoms with Crippen LogP contribution in [0.1, 0.15) is 6.42 Å². The van der Waals surface area contributed by atoms with E-state index in [9.17, 15) is 18.0 Å². The summed E-state index contributed by atoms with van der Waals surface area (Å²) in [5.41, 5.74) is 0.0484. The van der Waals surface area contributed by atoms with Crippen LogP contribution in [0.3, 0.4) is 0 Å². The van der Waals surface area contributed by atoms with Gasteiger partial charge in [0.1, 0.15) is 0 Å². The lowest BCUT2D eigenvalue weighted by atomic mass is 10.2. The summed E-state index contributed by atoms with van der Waals surface area (Å²) in [6.07, 6.45) is -0.0556. The summed E-state index contributed by atoms with van der Waals surface area (Å²) >= 11 is 11.8. The highest BCUT2D eigenvalue weighted by molar-refractivity contribution is 6.39. The number of hydrogen-bond donors (Lipinski definition) is 2. The van der Waals surface area contributed by atoms with Gasteiger partial charge in [0.05, 0.1) is 21.4 Å². The Balaban J connectivity index is 1.92. The predicted molar refractivity (Wildman–Crippen MR) is 84.5 cm³/mol. The van der Waals surface area contributed by atoms with E-state index in [1.54, 1.807) is 18.2 Å². The SMILES string of the molecule is O=C(CCNc1ccc(F)c(F)c1F)Nc1c(Cl)cccc1Cl. The molecule has 0 saturated carbocycles. The van der Waals surface area contributed by atoms with E-state index in [1.807, 2.05) is 0 Å². The molecule has 0 aliphatic heterocycles. The molecule has 0 heterocycles. The van der Waals surface area contributed by atoms with Gasteiger partial charge in [-0.15, -0.1) is 0 Å². The van der Waals surface area contributed by atoms with Crippen molar-refractivity contribution in [2.24, 2.45) is 0 Å². The van der Waals surface area contributed by atoms with Crippen molar-refractivity contribution in [2.45, 2.75) is 6.42 Å². The second-order valence-corrected chi connectivity index (χ2v) is 5.36. The Bertz CT molecular complexity index is 721. The number of carbonyl (C=O) groups excluding carboxylic acids is 1. The summed E-state index contributed by atoms with van der Waals surface area (Å²) in [6, 6.07) is 6.62. The Hall–Kier alpha value is -1.92. The zero-order valence-corrected chi connectivity index (χ0v) is 13.1. The maximum absolute atomic E-state index is 13.4. The van der Waals surface area contributed by atoms with E-state index in [0.29, 0.717) is 0 Å². The number of para-hydroxylation sites is 1. The maximum atomic E-state index is 13.4. The zero-order valence-electron chi connectivity index (χ0n) is 11.6. The number of hydrogen-bond acceptors (Lipinski definition) is 2. The molecule has 0 aliphatic rings. The number of rotatable bonds is 5. The minimum Gasteiger partial charge on any atom is -0.382 e. The first kappa shape index (κ1) is 17.4. The number of halogens is 5. The van der Waals surface area contributed by atoms with E-state index in [2.05, 4.69) is 10.6 Å². The van der Waals surface area contributed by atoms with Crippen molar-refractivity contribution in [1.29, 1.82) is 0 Å². The number of benzene rings is 2. The van der Waals surface area contributed by atoms with Crippen LogP contribution in [0.5, 0.6) is 0 Å². The topological polar surface area (TPSA) is 41.1 Å². The van der Waals surface area contributed by atoms with Crippen molar-refractivity contribution in [1.82, 2.24) is 0 Å². The zero-order chi connectivity index (χ0) is 17.0. The van der Waals surface area contributed by atoms with E-state index in [0.717, 1.165) is 12.1 Å². The molecule has 122 valence electrons. The van der Waals surface area contributed by atoms with E-state index in [4.69, 9.17) is 23.2 Å². The summed E-state index contributed by atoms with van der Waals surface area (Å²) < 4.78 is 39.3. The second-order valence-electron chi connectivity index (χ2n) is 4.54. The van der Waals surface area contributed by atoms with Crippen LogP contribution in [0.4, 0.5) is 24.5 Å². The molecule has 0 unspecified atom stereocenters. The maximum Gasteiger partial charge on any atom is 0.226 e. The van der Waals surface area contributed by atoms with Gasteiger partial charge >= 0.3 is 0 Å². The fourth-order valence-corrected chi connectivity index (χ4v) is 2.28. The van der Waals surface area contributed by atoms with Gasteiger partial charge in [-0.05, 0) is 24.3 Å². The Morgan fingerprint density at radius 1 is 1.00 bits per heavy atom. The van der Waals surface area contributed by atoms with Crippen molar-refractivity contribution in [2.75, 3.05) is 17.2 Å². The lowest BCUT2D eigenvalue weighted by Crippen LogP contribution is -2.17. The third kappa shape index (κ3) is 4.30. The molecule has 0 atom stereocenters. The van der Waals surface area contributed by atoms with Crippen molar-refractivity contribution < 1.29 is 18.0 Å². The molecule has 0 aliphatic carbocycles. The van der Waals surface area contributed by atoms with Gasteiger partial charge in [-0.25, -0.2) is 13.2 Å². The molecule has 2 rings (SSSR count). The molecule has 2 N–H and O–H groups in total. The van der Waals surface area contributed by atoms with Crippen molar-refractivity contribution in [3.8, 4) is 0 Å². The molecular formula is C15H11Cl2F3N2O.